The molecule has 0 aromatic heterocycles. The van der Waals surface area contributed by atoms with Gasteiger partial charge in [0.15, 0.2) is 11.5 Å². The van der Waals surface area contributed by atoms with Crippen LogP contribution >= 0.6 is 15.9 Å². The Morgan fingerprint density at radius 3 is 2.33 bits per heavy atom. The van der Waals surface area contributed by atoms with Crippen molar-refractivity contribution in [2.75, 3.05) is 6.61 Å². The Kier molecular flexibility index (Phi) is 6.77. The van der Waals surface area contributed by atoms with Crippen molar-refractivity contribution in [2.45, 2.75) is 78.5 Å². The number of benzene rings is 2. The third-order valence-corrected chi connectivity index (χ3v) is 9.21. The number of hydrogen-bond acceptors (Lipinski definition) is 3. The first kappa shape index (κ1) is 23.2. The fourth-order valence-electron chi connectivity index (χ4n) is 7.24. The average Bonchev–Trinajstić information content (AvgIpc) is 2.77. The van der Waals surface area contributed by atoms with Gasteiger partial charge in [-0.05, 0) is 127 Å². The predicted molar refractivity (Wildman–Crippen MR) is 138 cm³/mol. The van der Waals surface area contributed by atoms with E-state index in [1.807, 2.05) is 6.92 Å². The van der Waals surface area contributed by atoms with E-state index in [-0.39, 0.29) is 0 Å². The van der Waals surface area contributed by atoms with E-state index in [1.165, 1.54) is 55.2 Å². The zero-order valence-corrected chi connectivity index (χ0v) is 21.9. The van der Waals surface area contributed by atoms with Gasteiger partial charge in [-0.15, -0.1) is 0 Å². The van der Waals surface area contributed by atoms with Crippen molar-refractivity contribution in [3.8, 4) is 11.5 Å². The smallest absolute Gasteiger partial charge is 0.175 e. The number of rotatable bonds is 9. The molecule has 1 unspecified atom stereocenters. The van der Waals surface area contributed by atoms with Crippen LogP contribution in [0, 0.1) is 30.1 Å². The highest BCUT2D eigenvalue weighted by molar-refractivity contribution is 9.10. The molecule has 33 heavy (non-hydrogen) atoms. The highest BCUT2D eigenvalue weighted by Crippen LogP contribution is 2.61. The van der Waals surface area contributed by atoms with Gasteiger partial charge in [-0.2, -0.15) is 0 Å². The van der Waals surface area contributed by atoms with Crippen molar-refractivity contribution in [1.29, 1.82) is 0 Å². The maximum atomic E-state index is 6.24. The molecule has 0 heterocycles. The van der Waals surface area contributed by atoms with Crippen LogP contribution in [-0.2, 0) is 13.2 Å². The first-order chi connectivity index (χ1) is 16.0. The van der Waals surface area contributed by atoms with Crippen molar-refractivity contribution in [3.63, 3.8) is 0 Å². The molecule has 0 spiro atoms. The first-order valence-electron chi connectivity index (χ1n) is 12.8. The van der Waals surface area contributed by atoms with E-state index in [4.69, 9.17) is 9.47 Å². The predicted octanol–water partition coefficient (Wildman–Crippen LogP) is 7.43. The summed E-state index contributed by atoms with van der Waals surface area (Å²) in [6.07, 6.45) is 8.81. The van der Waals surface area contributed by atoms with Crippen LogP contribution in [0.1, 0.15) is 69.1 Å². The van der Waals surface area contributed by atoms with Crippen molar-refractivity contribution in [3.05, 3.63) is 57.6 Å². The molecule has 0 aliphatic heterocycles. The van der Waals surface area contributed by atoms with Gasteiger partial charge in [0.2, 0.25) is 0 Å². The Morgan fingerprint density at radius 1 is 1.03 bits per heavy atom. The molecule has 0 amide bonds. The van der Waals surface area contributed by atoms with Crippen LogP contribution in [0.15, 0.2) is 40.9 Å². The van der Waals surface area contributed by atoms with Crippen molar-refractivity contribution in [2.24, 2.45) is 23.2 Å². The number of aryl methyl sites for hydroxylation is 1. The summed E-state index contributed by atoms with van der Waals surface area (Å²) in [5.74, 6) is 4.58. The zero-order chi connectivity index (χ0) is 23.0. The lowest BCUT2D eigenvalue weighted by Crippen LogP contribution is -2.54. The highest BCUT2D eigenvalue weighted by Gasteiger charge is 2.52. The molecule has 4 aliphatic rings. The van der Waals surface area contributed by atoms with Crippen LogP contribution in [0.5, 0.6) is 11.5 Å². The van der Waals surface area contributed by atoms with Crippen molar-refractivity contribution < 1.29 is 9.47 Å². The van der Waals surface area contributed by atoms with Gasteiger partial charge in [0.1, 0.15) is 6.61 Å². The van der Waals surface area contributed by atoms with Crippen LogP contribution in [0.4, 0.5) is 0 Å². The summed E-state index contributed by atoms with van der Waals surface area (Å²) in [5.41, 5.74) is 4.20. The van der Waals surface area contributed by atoms with Gasteiger partial charge in [-0.1, -0.05) is 24.3 Å². The Bertz CT molecular complexity index is 952. The minimum atomic E-state index is 0.519. The summed E-state index contributed by atoms with van der Waals surface area (Å²) in [4.78, 5) is 0. The molecular formula is C29H38BrNO2. The number of hydrogen-bond donors (Lipinski definition) is 1. The summed E-state index contributed by atoms with van der Waals surface area (Å²) in [6.45, 7) is 8.60. The van der Waals surface area contributed by atoms with Gasteiger partial charge in [0, 0.05) is 12.6 Å². The standard InChI is InChI=1S/C29H38BrNO2/c1-4-32-27-13-24(12-26(30)28(27)33-18-25-8-6-5-7-19(25)2)17-31-20(3)29-14-21-9-22(15-29)11-23(10-21)16-29/h5-8,12-13,20-23,31H,4,9-11,14-18H2,1-3H3. The molecule has 3 nitrogen and oxygen atoms in total. The fraction of sp³-hybridized carbons (Fsp3) is 0.586. The van der Waals surface area contributed by atoms with Gasteiger partial charge in [-0.3, -0.25) is 0 Å². The maximum absolute atomic E-state index is 6.24. The number of halogens is 1. The summed E-state index contributed by atoms with van der Waals surface area (Å²) in [5, 5.41) is 3.92. The lowest BCUT2D eigenvalue weighted by molar-refractivity contribution is -0.0706. The van der Waals surface area contributed by atoms with Crippen LogP contribution in [-0.4, -0.2) is 12.6 Å². The number of ether oxygens (including phenoxy) is 2. The number of nitrogens with one attached hydrogen (secondary N) is 1. The highest BCUT2D eigenvalue weighted by atomic mass is 79.9. The molecule has 178 valence electrons. The molecule has 1 atom stereocenters. The third-order valence-electron chi connectivity index (χ3n) is 8.62. The van der Waals surface area contributed by atoms with Crippen LogP contribution in [0.2, 0.25) is 0 Å². The molecular weight excluding hydrogens is 474 g/mol. The van der Waals surface area contributed by atoms with Gasteiger partial charge in [0.05, 0.1) is 11.1 Å². The second kappa shape index (κ2) is 9.62. The summed E-state index contributed by atoms with van der Waals surface area (Å²) >= 11 is 3.77. The second-order valence-corrected chi connectivity index (χ2v) is 11.8. The van der Waals surface area contributed by atoms with E-state index in [9.17, 15) is 0 Å². The largest absolute Gasteiger partial charge is 0.490 e. The first-order valence-corrected chi connectivity index (χ1v) is 13.6. The van der Waals surface area contributed by atoms with Crippen LogP contribution < -0.4 is 14.8 Å². The molecule has 4 saturated carbocycles. The quantitative estimate of drug-likeness (QED) is 0.379. The van der Waals surface area contributed by atoms with E-state index in [1.54, 1.807) is 0 Å². The molecule has 0 saturated heterocycles. The van der Waals surface area contributed by atoms with Crippen molar-refractivity contribution >= 4 is 15.9 Å². The molecule has 4 heteroatoms. The van der Waals surface area contributed by atoms with Gasteiger partial charge in [0.25, 0.3) is 0 Å². The Balaban J connectivity index is 1.27. The second-order valence-electron chi connectivity index (χ2n) is 10.9. The summed E-state index contributed by atoms with van der Waals surface area (Å²) in [7, 11) is 0. The molecule has 4 bridgehead atoms. The molecule has 4 aliphatic carbocycles. The van der Waals surface area contributed by atoms with E-state index in [0.717, 1.165) is 40.3 Å². The average molecular weight is 513 g/mol. The maximum Gasteiger partial charge on any atom is 0.175 e. The Labute approximate surface area is 207 Å². The molecule has 6 rings (SSSR count). The van der Waals surface area contributed by atoms with Gasteiger partial charge >= 0.3 is 0 Å². The van der Waals surface area contributed by atoms with Crippen LogP contribution in [0.3, 0.4) is 0 Å². The van der Waals surface area contributed by atoms with Crippen molar-refractivity contribution in [1.82, 2.24) is 5.32 Å². The van der Waals surface area contributed by atoms with E-state index < -0.39 is 0 Å². The normalized spacial score (nSPS) is 28.7. The van der Waals surface area contributed by atoms with Crippen LogP contribution in [0.25, 0.3) is 0 Å². The summed E-state index contributed by atoms with van der Waals surface area (Å²) < 4.78 is 13.2. The molecule has 1 N–H and O–H groups in total. The lowest BCUT2D eigenvalue weighted by Gasteiger charge is -2.59. The van der Waals surface area contributed by atoms with E-state index in [0.29, 0.717) is 24.7 Å². The monoisotopic (exact) mass is 511 g/mol. The molecule has 4 fully saturated rings. The Hall–Kier alpha value is -1.52. The third kappa shape index (κ3) is 4.84. The SMILES string of the molecule is CCOc1cc(CNC(C)C23CC4CC(CC(C4)C2)C3)cc(Br)c1OCc1ccccc1C. The lowest BCUT2D eigenvalue weighted by atomic mass is 9.48. The van der Waals surface area contributed by atoms with Gasteiger partial charge < -0.3 is 14.8 Å². The topological polar surface area (TPSA) is 30.5 Å². The molecule has 0 radical (unpaired) electrons. The van der Waals surface area contributed by atoms with E-state index >= 15 is 0 Å². The Morgan fingerprint density at radius 2 is 1.70 bits per heavy atom. The molecule has 2 aromatic carbocycles. The fourth-order valence-corrected chi connectivity index (χ4v) is 7.85. The summed E-state index contributed by atoms with van der Waals surface area (Å²) in [6, 6.07) is 13.3. The van der Waals surface area contributed by atoms with E-state index in [2.05, 4.69) is 71.5 Å². The minimum Gasteiger partial charge on any atom is -0.490 e. The zero-order valence-electron chi connectivity index (χ0n) is 20.3. The minimum absolute atomic E-state index is 0.519. The molecule has 2 aromatic rings. The van der Waals surface area contributed by atoms with Gasteiger partial charge in [-0.25, -0.2) is 0 Å².